The minimum absolute atomic E-state index is 0.299. The van der Waals surface area contributed by atoms with Gasteiger partial charge in [0.15, 0.2) is 8.32 Å². The Balaban J connectivity index is 4.37. The van der Waals surface area contributed by atoms with Crippen molar-refractivity contribution in [3.05, 3.63) is 0 Å². The zero-order chi connectivity index (χ0) is 12.1. The molecular weight excluding hydrogens is 202 g/mol. The summed E-state index contributed by atoms with van der Waals surface area (Å²) in [5.41, 5.74) is 5.62. The summed E-state index contributed by atoms with van der Waals surface area (Å²) < 4.78 is 6.34. The first kappa shape index (κ1) is 15.1. The van der Waals surface area contributed by atoms with Gasteiger partial charge in [-0.25, -0.2) is 0 Å². The van der Waals surface area contributed by atoms with E-state index in [1.54, 1.807) is 0 Å². The SMILES string of the molecule is CCCC(CCN)O[Si](C)(C)C(C)(C)C. The van der Waals surface area contributed by atoms with Crippen molar-refractivity contribution < 1.29 is 4.43 Å². The molecule has 0 aliphatic rings. The van der Waals surface area contributed by atoms with E-state index < -0.39 is 8.32 Å². The molecule has 1 atom stereocenters. The van der Waals surface area contributed by atoms with Crippen molar-refractivity contribution in [3.63, 3.8) is 0 Å². The zero-order valence-electron chi connectivity index (χ0n) is 11.4. The highest BCUT2D eigenvalue weighted by Gasteiger charge is 2.38. The first-order valence-electron chi connectivity index (χ1n) is 6.12. The summed E-state index contributed by atoms with van der Waals surface area (Å²) in [5.74, 6) is 0. The smallest absolute Gasteiger partial charge is 0.192 e. The van der Waals surface area contributed by atoms with Crippen LogP contribution in [0.15, 0.2) is 0 Å². The van der Waals surface area contributed by atoms with Crippen molar-refractivity contribution in [2.24, 2.45) is 5.73 Å². The third-order valence-corrected chi connectivity index (χ3v) is 7.90. The first-order valence-corrected chi connectivity index (χ1v) is 9.03. The Hall–Kier alpha value is 0.137. The molecular formula is C12H29NOSi. The Morgan fingerprint density at radius 1 is 1.20 bits per heavy atom. The van der Waals surface area contributed by atoms with Gasteiger partial charge in [0.2, 0.25) is 0 Å². The van der Waals surface area contributed by atoms with Crippen LogP contribution in [-0.2, 0) is 4.43 Å². The fraction of sp³-hybridized carbons (Fsp3) is 1.00. The summed E-state index contributed by atoms with van der Waals surface area (Å²) in [5, 5.41) is 0.299. The van der Waals surface area contributed by atoms with Crippen molar-refractivity contribution in [1.82, 2.24) is 0 Å². The van der Waals surface area contributed by atoms with E-state index >= 15 is 0 Å². The Morgan fingerprint density at radius 3 is 2.07 bits per heavy atom. The Kier molecular flexibility index (Phi) is 6.07. The van der Waals surface area contributed by atoms with Gasteiger partial charge in [-0.2, -0.15) is 0 Å². The number of hydrogen-bond acceptors (Lipinski definition) is 2. The monoisotopic (exact) mass is 231 g/mol. The molecule has 0 aromatic rings. The minimum atomic E-state index is -1.60. The van der Waals surface area contributed by atoms with Gasteiger partial charge in [-0.05, 0) is 37.5 Å². The molecule has 2 N–H and O–H groups in total. The van der Waals surface area contributed by atoms with Crippen LogP contribution in [0.1, 0.15) is 47.0 Å². The van der Waals surface area contributed by atoms with E-state index in [0.717, 1.165) is 19.4 Å². The van der Waals surface area contributed by atoms with E-state index in [2.05, 4.69) is 40.8 Å². The summed E-state index contributed by atoms with van der Waals surface area (Å²) in [4.78, 5) is 0. The Bertz CT molecular complexity index is 169. The van der Waals surface area contributed by atoms with Crippen LogP contribution in [0, 0.1) is 0 Å². The second kappa shape index (κ2) is 6.02. The lowest BCUT2D eigenvalue weighted by Gasteiger charge is -2.39. The normalized spacial score (nSPS) is 15.4. The molecule has 0 aliphatic carbocycles. The van der Waals surface area contributed by atoms with E-state index in [0.29, 0.717) is 11.1 Å². The lowest BCUT2D eigenvalue weighted by molar-refractivity contribution is 0.163. The highest BCUT2D eigenvalue weighted by molar-refractivity contribution is 6.74. The van der Waals surface area contributed by atoms with Crippen molar-refractivity contribution in [3.8, 4) is 0 Å². The van der Waals surface area contributed by atoms with Gasteiger partial charge >= 0.3 is 0 Å². The zero-order valence-corrected chi connectivity index (χ0v) is 12.4. The summed E-state index contributed by atoms with van der Waals surface area (Å²) >= 11 is 0. The third-order valence-electron chi connectivity index (χ3n) is 3.37. The average molecular weight is 231 g/mol. The maximum Gasteiger partial charge on any atom is 0.192 e. The molecule has 15 heavy (non-hydrogen) atoms. The van der Waals surface area contributed by atoms with Crippen molar-refractivity contribution >= 4 is 8.32 Å². The molecule has 0 heterocycles. The van der Waals surface area contributed by atoms with Crippen LogP contribution in [0.5, 0.6) is 0 Å². The van der Waals surface area contributed by atoms with E-state index in [4.69, 9.17) is 10.2 Å². The van der Waals surface area contributed by atoms with Crippen LogP contribution in [0.25, 0.3) is 0 Å². The Labute approximate surface area is 96.7 Å². The molecule has 0 rings (SSSR count). The largest absolute Gasteiger partial charge is 0.414 e. The molecule has 0 radical (unpaired) electrons. The van der Waals surface area contributed by atoms with E-state index in [9.17, 15) is 0 Å². The second-order valence-electron chi connectivity index (χ2n) is 5.87. The second-order valence-corrected chi connectivity index (χ2v) is 10.6. The first-order chi connectivity index (χ1) is 6.74. The summed E-state index contributed by atoms with van der Waals surface area (Å²) in [6.07, 6.45) is 3.70. The van der Waals surface area contributed by atoms with Crippen LogP contribution >= 0.6 is 0 Å². The lowest BCUT2D eigenvalue weighted by Crippen LogP contribution is -2.44. The Morgan fingerprint density at radius 2 is 1.73 bits per heavy atom. The van der Waals surface area contributed by atoms with E-state index in [-0.39, 0.29) is 0 Å². The molecule has 92 valence electrons. The topological polar surface area (TPSA) is 35.2 Å². The number of rotatable bonds is 6. The van der Waals surface area contributed by atoms with Crippen LogP contribution < -0.4 is 5.73 Å². The van der Waals surface area contributed by atoms with Gasteiger partial charge in [0, 0.05) is 6.10 Å². The molecule has 0 bridgehead atoms. The maximum absolute atomic E-state index is 6.34. The van der Waals surface area contributed by atoms with E-state index in [1.807, 2.05) is 0 Å². The van der Waals surface area contributed by atoms with Crippen LogP contribution in [0.2, 0.25) is 18.1 Å². The summed E-state index contributed by atoms with van der Waals surface area (Å²) in [6, 6.07) is 0. The minimum Gasteiger partial charge on any atom is -0.414 e. The molecule has 1 unspecified atom stereocenters. The molecule has 3 heteroatoms. The maximum atomic E-state index is 6.34. The van der Waals surface area contributed by atoms with Gasteiger partial charge in [-0.1, -0.05) is 34.1 Å². The molecule has 0 aromatic heterocycles. The van der Waals surface area contributed by atoms with Gasteiger partial charge in [0.05, 0.1) is 0 Å². The molecule has 0 saturated heterocycles. The predicted molar refractivity (Wildman–Crippen MR) is 70.6 cm³/mol. The third kappa shape index (κ3) is 5.14. The van der Waals surface area contributed by atoms with Crippen molar-refractivity contribution in [2.45, 2.75) is 71.2 Å². The van der Waals surface area contributed by atoms with Crippen LogP contribution in [-0.4, -0.2) is 21.0 Å². The molecule has 0 fully saturated rings. The van der Waals surface area contributed by atoms with Gasteiger partial charge in [0.1, 0.15) is 0 Å². The molecule has 2 nitrogen and oxygen atoms in total. The molecule has 0 spiro atoms. The molecule has 0 saturated carbocycles. The van der Waals surface area contributed by atoms with Crippen LogP contribution in [0.3, 0.4) is 0 Å². The lowest BCUT2D eigenvalue weighted by atomic mass is 10.1. The van der Waals surface area contributed by atoms with Gasteiger partial charge in [-0.15, -0.1) is 0 Å². The van der Waals surface area contributed by atoms with Gasteiger partial charge in [-0.3, -0.25) is 0 Å². The predicted octanol–water partition coefficient (Wildman–Crippen LogP) is 3.53. The standard InChI is InChI=1S/C12H29NOSi/c1-7-8-11(9-10-13)14-15(5,6)12(2,3)4/h11H,7-10,13H2,1-6H3. The molecule has 0 amide bonds. The van der Waals surface area contributed by atoms with Gasteiger partial charge in [0.25, 0.3) is 0 Å². The molecule has 0 aromatic carbocycles. The fourth-order valence-electron chi connectivity index (χ4n) is 1.36. The van der Waals surface area contributed by atoms with Gasteiger partial charge < -0.3 is 10.2 Å². The number of nitrogens with two attached hydrogens (primary N) is 1. The van der Waals surface area contributed by atoms with Crippen molar-refractivity contribution in [1.29, 1.82) is 0 Å². The van der Waals surface area contributed by atoms with Crippen LogP contribution in [0.4, 0.5) is 0 Å². The van der Waals surface area contributed by atoms with E-state index in [1.165, 1.54) is 6.42 Å². The average Bonchev–Trinajstić information content (AvgIpc) is 2.02. The van der Waals surface area contributed by atoms with Crippen molar-refractivity contribution in [2.75, 3.05) is 6.54 Å². The number of hydrogen-bond donors (Lipinski definition) is 1. The highest BCUT2D eigenvalue weighted by Crippen LogP contribution is 2.37. The summed E-state index contributed by atoms with van der Waals surface area (Å²) in [7, 11) is -1.60. The summed E-state index contributed by atoms with van der Waals surface area (Å²) in [6.45, 7) is 14.4. The molecule has 0 aliphatic heterocycles. The quantitative estimate of drug-likeness (QED) is 0.710. The fourth-order valence-corrected chi connectivity index (χ4v) is 2.79. The highest BCUT2D eigenvalue weighted by atomic mass is 28.4.